The van der Waals surface area contributed by atoms with Crippen LogP contribution in [0.25, 0.3) is 0 Å². The number of esters is 2. The summed E-state index contributed by atoms with van der Waals surface area (Å²) in [5.41, 5.74) is 0. The van der Waals surface area contributed by atoms with Crippen molar-refractivity contribution in [2.75, 3.05) is 19.8 Å². The molecular formula is C65H104O5. The summed E-state index contributed by atoms with van der Waals surface area (Å²) < 4.78 is 17.3. The molecule has 0 rings (SSSR count). The highest BCUT2D eigenvalue weighted by Crippen LogP contribution is 2.13. The Hall–Kier alpha value is -4.22. The van der Waals surface area contributed by atoms with Gasteiger partial charge in [0.15, 0.2) is 6.10 Å². The van der Waals surface area contributed by atoms with Crippen molar-refractivity contribution < 1.29 is 23.8 Å². The lowest BCUT2D eigenvalue weighted by Gasteiger charge is -2.18. The molecule has 0 saturated carbocycles. The standard InChI is InChI=1S/C65H104O5/c1-4-7-10-13-16-19-22-25-28-31-32-33-36-39-42-45-48-51-54-57-60-68-61-63(70-65(67)59-56-53-50-47-44-41-38-35-30-27-24-21-18-15-12-9-6-3)62-69-64(66)58-55-52-49-46-43-40-37-34-29-26-23-20-17-14-11-8-5-2/h7-8,10-11,16-17,19-20,25-30,32-33,37,39-40,42,46,48-49,51,63H,4-6,9,12-15,18,21-24,31,34-36,38,41,43-45,47,50,52-62H2,1-3H3/b10-7-,11-8-,19-16-,20-17-,28-25-,29-26-,30-27-,33-32-,40-37-,42-39-,49-46-,51-48-. The molecule has 1 unspecified atom stereocenters. The molecule has 0 heterocycles. The first kappa shape index (κ1) is 65.8. The maximum atomic E-state index is 12.9. The highest BCUT2D eigenvalue weighted by Gasteiger charge is 2.17. The summed E-state index contributed by atoms with van der Waals surface area (Å²) in [7, 11) is 0. The second-order valence-corrected chi connectivity index (χ2v) is 18.1. The number of hydrogen-bond acceptors (Lipinski definition) is 5. The summed E-state index contributed by atoms with van der Waals surface area (Å²) >= 11 is 0. The predicted octanol–water partition coefficient (Wildman–Crippen LogP) is 19.7. The van der Waals surface area contributed by atoms with E-state index >= 15 is 0 Å². The molecule has 0 saturated heterocycles. The average molecular weight is 966 g/mol. The van der Waals surface area contributed by atoms with E-state index in [0.717, 1.165) is 116 Å². The van der Waals surface area contributed by atoms with Gasteiger partial charge in [-0.3, -0.25) is 9.59 Å². The predicted molar refractivity (Wildman–Crippen MR) is 306 cm³/mol. The molecule has 5 heteroatoms. The second-order valence-electron chi connectivity index (χ2n) is 18.1. The lowest BCUT2D eigenvalue weighted by molar-refractivity contribution is -0.162. The Morgan fingerprint density at radius 3 is 1.09 bits per heavy atom. The maximum Gasteiger partial charge on any atom is 0.306 e. The molecule has 0 aromatic carbocycles. The molecule has 1 atom stereocenters. The van der Waals surface area contributed by atoms with Gasteiger partial charge in [0.2, 0.25) is 0 Å². The Balaban J connectivity index is 4.51. The van der Waals surface area contributed by atoms with Gasteiger partial charge in [-0.1, -0.05) is 231 Å². The lowest BCUT2D eigenvalue weighted by atomic mass is 10.1. The van der Waals surface area contributed by atoms with Gasteiger partial charge in [0, 0.05) is 19.4 Å². The Bertz CT molecular complexity index is 1510. The van der Waals surface area contributed by atoms with E-state index in [1.54, 1.807) is 0 Å². The minimum absolute atomic E-state index is 0.0215. The van der Waals surface area contributed by atoms with Crippen molar-refractivity contribution in [3.63, 3.8) is 0 Å². The van der Waals surface area contributed by atoms with Gasteiger partial charge in [0.1, 0.15) is 6.61 Å². The van der Waals surface area contributed by atoms with Gasteiger partial charge in [0.05, 0.1) is 6.61 Å². The van der Waals surface area contributed by atoms with Crippen molar-refractivity contribution in [2.45, 2.75) is 232 Å². The summed E-state index contributed by atoms with van der Waals surface area (Å²) in [6.45, 7) is 7.38. The molecule has 0 aromatic rings. The molecular weight excluding hydrogens is 861 g/mol. The first-order valence-corrected chi connectivity index (χ1v) is 28.4. The monoisotopic (exact) mass is 965 g/mol. The Morgan fingerprint density at radius 2 is 0.657 bits per heavy atom. The summed E-state index contributed by atoms with van der Waals surface area (Å²) in [6.07, 6.45) is 86.0. The van der Waals surface area contributed by atoms with Crippen LogP contribution in [0.3, 0.4) is 0 Å². The van der Waals surface area contributed by atoms with Crippen molar-refractivity contribution >= 4 is 11.9 Å². The fraction of sp³-hybridized carbons (Fsp3) is 0.600. The van der Waals surface area contributed by atoms with Crippen LogP contribution in [-0.4, -0.2) is 37.9 Å². The number of unbranched alkanes of at least 4 members (excludes halogenated alkanes) is 15. The molecule has 0 fully saturated rings. The van der Waals surface area contributed by atoms with Gasteiger partial charge >= 0.3 is 11.9 Å². The Morgan fingerprint density at radius 1 is 0.329 bits per heavy atom. The van der Waals surface area contributed by atoms with E-state index in [9.17, 15) is 9.59 Å². The summed E-state index contributed by atoms with van der Waals surface area (Å²) in [6, 6.07) is 0. The summed E-state index contributed by atoms with van der Waals surface area (Å²) in [4.78, 5) is 25.5. The fourth-order valence-corrected chi connectivity index (χ4v) is 7.20. The number of ether oxygens (including phenoxy) is 3. The minimum Gasteiger partial charge on any atom is -0.462 e. The molecule has 0 aliphatic rings. The topological polar surface area (TPSA) is 61.8 Å². The van der Waals surface area contributed by atoms with E-state index in [1.165, 1.54) is 77.0 Å². The van der Waals surface area contributed by atoms with Gasteiger partial charge in [0.25, 0.3) is 0 Å². The minimum atomic E-state index is -0.604. The third-order valence-corrected chi connectivity index (χ3v) is 11.3. The molecule has 0 aromatic heterocycles. The SMILES string of the molecule is CC/C=C\C/C=C\C/C=C\C/C=C\C/C=C\C/C=C\CCCOCC(COC(=O)CCC/C=C\C/C=C\C/C=C\C/C=C\C/C=C\CC)OC(=O)CCCCCCCCC/C=C\CCCCCCCC. The molecule has 394 valence electrons. The third-order valence-electron chi connectivity index (χ3n) is 11.3. The van der Waals surface area contributed by atoms with Crippen LogP contribution < -0.4 is 0 Å². The van der Waals surface area contributed by atoms with E-state index in [4.69, 9.17) is 14.2 Å². The Labute approximate surface area is 431 Å². The van der Waals surface area contributed by atoms with Crippen LogP contribution in [0.2, 0.25) is 0 Å². The van der Waals surface area contributed by atoms with Crippen molar-refractivity contribution in [3.05, 3.63) is 146 Å². The zero-order valence-electron chi connectivity index (χ0n) is 45.2. The van der Waals surface area contributed by atoms with Crippen molar-refractivity contribution in [3.8, 4) is 0 Å². The van der Waals surface area contributed by atoms with Crippen molar-refractivity contribution in [1.82, 2.24) is 0 Å². The summed E-state index contributed by atoms with van der Waals surface area (Å²) in [5.74, 6) is -0.510. The van der Waals surface area contributed by atoms with Crippen LogP contribution in [-0.2, 0) is 23.8 Å². The number of carbonyl (C=O) groups is 2. The van der Waals surface area contributed by atoms with Gasteiger partial charge in [-0.05, 0) is 128 Å². The lowest BCUT2D eigenvalue weighted by Crippen LogP contribution is -2.30. The molecule has 70 heavy (non-hydrogen) atoms. The van der Waals surface area contributed by atoms with E-state index in [2.05, 4.69) is 167 Å². The van der Waals surface area contributed by atoms with Crippen LogP contribution in [0.5, 0.6) is 0 Å². The number of hydrogen-bond donors (Lipinski definition) is 0. The molecule has 0 N–H and O–H groups in total. The molecule has 0 amide bonds. The van der Waals surface area contributed by atoms with Crippen LogP contribution >= 0.6 is 0 Å². The van der Waals surface area contributed by atoms with Gasteiger partial charge in [-0.15, -0.1) is 0 Å². The highest BCUT2D eigenvalue weighted by atomic mass is 16.6. The van der Waals surface area contributed by atoms with E-state index in [-0.39, 0.29) is 25.2 Å². The van der Waals surface area contributed by atoms with Crippen LogP contribution in [0.1, 0.15) is 226 Å². The zero-order valence-corrected chi connectivity index (χ0v) is 45.2. The second kappa shape index (κ2) is 59.1. The fourth-order valence-electron chi connectivity index (χ4n) is 7.20. The maximum absolute atomic E-state index is 12.9. The van der Waals surface area contributed by atoms with Crippen LogP contribution in [0, 0.1) is 0 Å². The number of rotatable bonds is 50. The van der Waals surface area contributed by atoms with Gasteiger partial charge < -0.3 is 14.2 Å². The van der Waals surface area contributed by atoms with E-state index in [1.807, 2.05) is 0 Å². The smallest absolute Gasteiger partial charge is 0.306 e. The average Bonchev–Trinajstić information content (AvgIpc) is 3.36. The molecule has 5 nitrogen and oxygen atoms in total. The Kier molecular flexibility index (Phi) is 55.5. The number of carbonyl (C=O) groups excluding carboxylic acids is 2. The third kappa shape index (κ3) is 56.4. The molecule has 0 radical (unpaired) electrons. The number of allylic oxidation sites excluding steroid dienone is 24. The molecule has 0 aliphatic heterocycles. The normalized spacial score (nSPS) is 13.4. The summed E-state index contributed by atoms with van der Waals surface area (Å²) in [5, 5.41) is 0. The van der Waals surface area contributed by atoms with Crippen molar-refractivity contribution in [1.29, 1.82) is 0 Å². The van der Waals surface area contributed by atoms with Gasteiger partial charge in [-0.25, -0.2) is 0 Å². The van der Waals surface area contributed by atoms with Crippen molar-refractivity contribution in [2.24, 2.45) is 0 Å². The highest BCUT2D eigenvalue weighted by molar-refractivity contribution is 5.70. The van der Waals surface area contributed by atoms with E-state index < -0.39 is 6.10 Å². The first-order chi connectivity index (χ1) is 34.6. The van der Waals surface area contributed by atoms with Crippen LogP contribution in [0.15, 0.2) is 146 Å². The largest absolute Gasteiger partial charge is 0.462 e. The molecule has 0 aliphatic carbocycles. The first-order valence-electron chi connectivity index (χ1n) is 28.4. The van der Waals surface area contributed by atoms with Crippen LogP contribution in [0.4, 0.5) is 0 Å². The quantitative estimate of drug-likeness (QED) is 0.0345. The van der Waals surface area contributed by atoms with E-state index in [0.29, 0.717) is 19.4 Å². The van der Waals surface area contributed by atoms with Gasteiger partial charge in [-0.2, -0.15) is 0 Å². The molecule has 0 spiro atoms. The zero-order chi connectivity index (χ0) is 50.6. The molecule has 0 bridgehead atoms.